The molecule has 38 heavy (non-hydrogen) atoms. The Hall–Kier alpha value is -5.00. The van der Waals surface area contributed by atoms with Crippen LogP contribution in [0.3, 0.4) is 0 Å². The van der Waals surface area contributed by atoms with Gasteiger partial charge in [0.15, 0.2) is 5.65 Å². The van der Waals surface area contributed by atoms with Crippen LogP contribution in [0.15, 0.2) is 77.9 Å². The van der Waals surface area contributed by atoms with E-state index in [0.717, 1.165) is 4.52 Å². The highest BCUT2D eigenvalue weighted by Gasteiger charge is 2.43. The van der Waals surface area contributed by atoms with Crippen molar-refractivity contribution in [2.75, 3.05) is 0 Å². The van der Waals surface area contributed by atoms with E-state index in [1.54, 1.807) is 13.0 Å². The number of halogens is 3. The van der Waals surface area contributed by atoms with Crippen molar-refractivity contribution < 1.29 is 27.8 Å². The summed E-state index contributed by atoms with van der Waals surface area (Å²) in [6, 6.07) is 13.9. The molecule has 12 heteroatoms. The number of aryl methyl sites for hydroxylation is 1. The Morgan fingerprint density at radius 3 is 2.37 bits per heavy atom. The zero-order valence-electron chi connectivity index (χ0n) is 19.6. The van der Waals surface area contributed by atoms with E-state index in [9.17, 15) is 27.9 Å². The van der Waals surface area contributed by atoms with E-state index in [-0.39, 0.29) is 39.6 Å². The van der Waals surface area contributed by atoms with Crippen LogP contribution in [0.4, 0.5) is 13.2 Å². The van der Waals surface area contributed by atoms with Gasteiger partial charge in [0.2, 0.25) is 6.10 Å². The van der Waals surface area contributed by atoms with Gasteiger partial charge in [0, 0.05) is 29.6 Å². The predicted molar refractivity (Wildman–Crippen MR) is 130 cm³/mol. The van der Waals surface area contributed by atoms with Gasteiger partial charge in [-0.15, -0.1) is 0 Å². The van der Waals surface area contributed by atoms with E-state index < -0.39 is 23.8 Å². The molecule has 2 aromatic carbocycles. The standard InChI is InChI=1S/C26H18F3N5O4/c1-14-21(31-12-11-30-14)22-20(25(36)37)24-32-18(13-19(35)34(24)33-22)15-7-9-17(10-8-15)38-23(26(27,28)29)16-5-3-2-4-6-16/h2-13,23,33H,1H3,(H,36,37)/t23-/m0/s1. The Labute approximate surface area is 212 Å². The molecule has 192 valence electrons. The number of rotatable bonds is 6. The zero-order valence-corrected chi connectivity index (χ0v) is 19.6. The summed E-state index contributed by atoms with van der Waals surface area (Å²) >= 11 is 0. The average molecular weight is 521 g/mol. The molecule has 3 aromatic heterocycles. The van der Waals surface area contributed by atoms with Crippen LogP contribution in [-0.2, 0) is 0 Å². The minimum Gasteiger partial charge on any atom is -0.477 e. The lowest BCUT2D eigenvalue weighted by molar-refractivity contribution is -0.198. The number of benzene rings is 2. The first-order valence-electron chi connectivity index (χ1n) is 11.2. The van der Waals surface area contributed by atoms with E-state index in [4.69, 9.17) is 4.74 Å². The van der Waals surface area contributed by atoms with Crippen molar-refractivity contribution in [1.29, 1.82) is 0 Å². The Balaban J connectivity index is 1.53. The van der Waals surface area contributed by atoms with Crippen LogP contribution in [0.5, 0.6) is 5.75 Å². The number of fused-ring (bicyclic) bond motifs is 1. The highest BCUT2D eigenvalue weighted by Crippen LogP contribution is 2.37. The van der Waals surface area contributed by atoms with Gasteiger partial charge in [0.1, 0.15) is 22.7 Å². The maximum absolute atomic E-state index is 13.6. The van der Waals surface area contributed by atoms with Crippen molar-refractivity contribution in [3.8, 4) is 28.4 Å². The molecule has 9 nitrogen and oxygen atoms in total. The van der Waals surface area contributed by atoms with Gasteiger partial charge in [-0.3, -0.25) is 19.9 Å². The summed E-state index contributed by atoms with van der Waals surface area (Å²) in [6.45, 7) is 1.64. The van der Waals surface area contributed by atoms with Crippen LogP contribution in [0.1, 0.15) is 27.7 Å². The molecule has 0 radical (unpaired) electrons. The summed E-state index contributed by atoms with van der Waals surface area (Å²) in [5.41, 5.74) is 0.177. The highest BCUT2D eigenvalue weighted by molar-refractivity contribution is 6.01. The monoisotopic (exact) mass is 521 g/mol. The number of carboxylic acid groups (broad SMARTS) is 1. The lowest BCUT2D eigenvalue weighted by Gasteiger charge is -2.22. The van der Waals surface area contributed by atoms with E-state index in [1.165, 1.54) is 67.0 Å². The quantitative estimate of drug-likeness (QED) is 0.328. The maximum atomic E-state index is 13.6. The Kier molecular flexibility index (Phi) is 6.15. The van der Waals surface area contributed by atoms with Crippen LogP contribution < -0.4 is 10.3 Å². The minimum absolute atomic E-state index is 0.0491. The lowest BCUT2D eigenvalue weighted by Crippen LogP contribution is -2.26. The third kappa shape index (κ3) is 4.59. The third-order valence-electron chi connectivity index (χ3n) is 5.75. The predicted octanol–water partition coefficient (Wildman–Crippen LogP) is 4.84. The van der Waals surface area contributed by atoms with Crippen LogP contribution in [0.25, 0.3) is 28.3 Å². The van der Waals surface area contributed by atoms with Gasteiger partial charge in [-0.1, -0.05) is 30.3 Å². The molecular weight excluding hydrogens is 503 g/mol. The first-order chi connectivity index (χ1) is 18.1. The Morgan fingerprint density at radius 2 is 1.74 bits per heavy atom. The van der Waals surface area contributed by atoms with Gasteiger partial charge in [0.25, 0.3) is 5.56 Å². The second-order valence-electron chi connectivity index (χ2n) is 8.27. The number of carbonyl (C=O) groups is 1. The fourth-order valence-corrected chi connectivity index (χ4v) is 4.00. The first-order valence-corrected chi connectivity index (χ1v) is 11.2. The molecule has 0 fully saturated rings. The van der Waals surface area contributed by atoms with Crippen LogP contribution >= 0.6 is 0 Å². The number of hydrogen-bond acceptors (Lipinski definition) is 6. The summed E-state index contributed by atoms with van der Waals surface area (Å²) in [4.78, 5) is 37.7. The average Bonchev–Trinajstić information content (AvgIpc) is 3.28. The fraction of sp³-hybridized carbons (Fsp3) is 0.115. The Morgan fingerprint density at radius 1 is 1.05 bits per heavy atom. The normalized spacial score (nSPS) is 12.4. The lowest BCUT2D eigenvalue weighted by atomic mass is 10.1. The van der Waals surface area contributed by atoms with E-state index in [0.29, 0.717) is 11.3 Å². The third-order valence-corrected chi connectivity index (χ3v) is 5.75. The molecule has 0 aliphatic rings. The van der Waals surface area contributed by atoms with E-state index in [2.05, 4.69) is 20.1 Å². The Bertz CT molecular complexity index is 1700. The van der Waals surface area contributed by atoms with Gasteiger partial charge >= 0.3 is 12.1 Å². The minimum atomic E-state index is -4.65. The molecule has 1 atom stereocenters. The van der Waals surface area contributed by atoms with Gasteiger partial charge in [-0.2, -0.15) is 13.2 Å². The number of aromatic carboxylic acids is 1. The van der Waals surface area contributed by atoms with Crippen molar-refractivity contribution in [3.63, 3.8) is 0 Å². The van der Waals surface area contributed by atoms with Crippen LogP contribution in [0.2, 0.25) is 0 Å². The molecule has 0 amide bonds. The number of H-pyrrole nitrogens is 1. The molecule has 0 bridgehead atoms. The largest absolute Gasteiger partial charge is 0.477 e. The molecule has 0 unspecified atom stereocenters. The number of aromatic nitrogens is 5. The molecule has 0 spiro atoms. The molecule has 2 N–H and O–H groups in total. The number of hydrogen-bond donors (Lipinski definition) is 2. The number of nitrogens with zero attached hydrogens (tertiary/aromatic N) is 4. The summed E-state index contributed by atoms with van der Waals surface area (Å²) in [5, 5.41) is 12.6. The van der Waals surface area contributed by atoms with E-state index in [1.807, 2.05) is 0 Å². The molecule has 0 aliphatic carbocycles. The molecule has 3 heterocycles. The maximum Gasteiger partial charge on any atom is 0.429 e. The highest BCUT2D eigenvalue weighted by atomic mass is 19.4. The van der Waals surface area contributed by atoms with E-state index >= 15 is 0 Å². The number of carboxylic acids is 1. The molecule has 0 aliphatic heterocycles. The SMILES string of the molecule is Cc1nccnc1-c1[nH]n2c(=O)cc(-c3ccc(O[C@@H](c4ccccc4)C(F)(F)F)cc3)nc2c1C(=O)O. The molecule has 0 saturated carbocycles. The van der Waals surface area contributed by atoms with Gasteiger partial charge in [-0.25, -0.2) is 14.3 Å². The number of ether oxygens (including phenoxy) is 1. The second kappa shape index (κ2) is 9.47. The fourth-order valence-electron chi connectivity index (χ4n) is 4.00. The molecule has 5 aromatic rings. The number of alkyl halides is 3. The van der Waals surface area contributed by atoms with Gasteiger partial charge in [0.05, 0.1) is 11.4 Å². The number of nitrogens with one attached hydrogen (secondary N) is 1. The van der Waals surface area contributed by atoms with Gasteiger partial charge < -0.3 is 9.84 Å². The summed E-state index contributed by atoms with van der Waals surface area (Å²) in [7, 11) is 0. The topological polar surface area (TPSA) is 122 Å². The van der Waals surface area contributed by atoms with Crippen molar-refractivity contribution in [1.82, 2.24) is 24.6 Å². The zero-order chi connectivity index (χ0) is 27.0. The molecule has 5 rings (SSSR count). The summed E-state index contributed by atoms with van der Waals surface area (Å²) < 4.78 is 47.2. The molecule has 0 saturated heterocycles. The van der Waals surface area contributed by atoms with Crippen LogP contribution in [0, 0.1) is 6.92 Å². The smallest absolute Gasteiger partial charge is 0.429 e. The summed E-state index contributed by atoms with van der Waals surface area (Å²) in [6.07, 6.45) is -3.97. The molecular formula is C26H18F3N5O4. The number of aromatic amines is 1. The van der Waals surface area contributed by atoms with Crippen molar-refractivity contribution in [2.45, 2.75) is 19.2 Å². The second-order valence-corrected chi connectivity index (χ2v) is 8.27. The summed E-state index contributed by atoms with van der Waals surface area (Å²) in [5.74, 6) is -1.39. The van der Waals surface area contributed by atoms with Crippen molar-refractivity contribution in [3.05, 3.63) is 100 Å². The van der Waals surface area contributed by atoms with Crippen LogP contribution in [-0.4, -0.2) is 41.8 Å². The van der Waals surface area contributed by atoms with Crippen molar-refractivity contribution in [2.24, 2.45) is 0 Å². The first kappa shape index (κ1) is 24.7. The van der Waals surface area contributed by atoms with Crippen molar-refractivity contribution >= 4 is 11.6 Å². The van der Waals surface area contributed by atoms with Gasteiger partial charge in [-0.05, 0) is 31.2 Å².